The molecule has 0 spiro atoms. The zero-order valence-electron chi connectivity index (χ0n) is 16.3. The number of fused-ring (bicyclic) bond motifs is 2. The van der Waals surface area contributed by atoms with E-state index in [1.165, 1.54) is 25.3 Å². The average Bonchev–Trinajstić information content (AvgIpc) is 2.80. The topological polar surface area (TPSA) is 86.7 Å². The van der Waals surface area contributed by atoms with Gasteiger partial charge in [-0.2, -0.15) is 0 Å². The lowest BCUT2D eigenvalue weighted by molar-refractivity contribution is 0.0474. The van der Waals surface area contributed by atoms with Gasteiger partial charge in [-0.05, 0) is 24.3 Å². The van der Waals surface area contributed by atoms with Gasteiger partial charge in [0.25, 0.3) is 0 Å². The number of carbonyl (C=O) groups is 4. The Morgan fingerprint density at radius 2 is 1.45 bits per heavy atom. The van der Waals surface area contributed by atoms with E-state index >= 15 is 0 Å². The number of ketones is 3. The summed E-state index contributed by atoms with van der Waals surface area (Å²) in [6.45, 7) is -0.539. The molecule has 0 atom stereocenters. The van der Waals surface area contributed by atoms with E-state index < -0.39 is 24.1 Å². The van der Waals surface area contributed by atoms with Gasteiger partial charge < -0.3 is 9.47 Å². The maximum atomic E-state index is 12.9. The molecule has 0 saturated heterocycles. The van der Waals surface area contributed by atoms with Crippen LogP contribution in [0, 0.1) is 0 Å². The van der Waals surface area contributed by atoms with Gasteiger partial charge in [-0.1, -0.05) is 48.0 Å². The highest BCUT2D eigenvalue weighted by atomic mass is 35.5. The summed E-state index contributed by atoms with van der Waals surface area (Å²) in [5, 5.41) is -0.180. The first kappa shape index (κ1) is 20.5. The third-order valence-electron chi connectivity index (χ3n) is 4.99. The summed E-state index contributed by atoms with van der Waals surface area (Å²) in [6.07, 6.45) is 0. The Morgan fingerprint density at radius 3 is 2.16 bits per heavy atom. The minimum absolute atomic E-state index is 0.0455. The number of benzene rings is 3. The predicted molar refractivity (Wildman–Crippen MR) is 112 cm³/mol. The summed E-state index contributed by atoms with van der Waals surface area (Å²) < 4.78 is 10.3. The number of esters is 1. The summed E-state index contributed by atoms with van der Waals surface area (Å²) in [5.74, 6) is -1.78. The molecule has 0 amide bonds. The number of carbonyl (C=O) groups excluding carboxylic acids is 4. The van der Waals surface area contributed by atoms with Gasteiger partial charge in [0.2, 0.25) is 5.78 Å². The Labute approximate surface area is 182 Å². The first-order valence-corrected chi connectivity index (χ1v) is 9.66. The maximum Gasteiger partial charge on any atom is 0.340 e. The predicted octanol–water partition coefficient (Wildman–Crippen LogP) is 4.16. The van der Waals surface area contributed by atoms with Crippen LogP contribution in [0.2, 0.25) is 5.02 Å². The Balaban J connectivity index is 1.60. The van der Waals surface area contributed by atoms with Crippen LogP contribution in [0.3, 0.4) is 0 Å². The molecule has 31 heavy (non-hydrogen) atoms. The molecule has 0 N–H and O–H groups in total. The molecular weight excluding hydrogens is 420 g/mol. The Hall–Kier alpha value is -3.77. The smallest absolute Gasteiger partial charge is 0.340 e. The fourth-order valence-electron chi connectivity index (χ4n) is 3.47. The highest BCUT2D eigenvalue weighted by Gasteiger charge is 2.33. The van der Waals surface area contributed by atoms with Crippen LogP contribution in [0.5, 0.6) is 5.75 Å². The normalized spacial score (nSPS) is 12.1. The quantitative estimate of drug-likeness (QED) is 0.346. The molecule has 0 heterocycles. The van der Waals surface area contributed by atoms with Crippen LogP contribution in [-0.2, 0) is 4.74 Å². The number of halogens is 1. The van der Waals surface area contributed by atoms with Crippen molar-refractivity contribution in [1.29, 1.82) is 0 Å². The number of hydrogen-bond acceptors (Lipinski definition) is 6. The van der Waals surface area contributed by atoms with Gasteiger partial charge in [-0.25, -0.2) is 4.79 Å². The molecule has 0 saturated carbocycles. The molecule has 1 aliphatic carbocycles. The summed E-state index contributed by atoms with van der Waals surface area (Å²) in [6, 6.07) is 15.7. The second-order valence-electron chi connectivity index (χ2n) is 6.75. The molecule has 4 rings (SSSR count). The zero-order valence-corrected chi connectivity index (χ0v) is 17.1. The van der Waals surface area contributed by atoms with E-state index in [0.717, 1.165) is 0 Å². The minimum Gasteiger partial charge on any atom is -0.496 e. The highest BCUT2D eigenvalue weighted by Crippen LogP contribution is 2.34. The Morgan fingerprint density at radius 1 is 0.806 bits per heavy atom. The second-order valence-corrected chi connectivity index (χ2v) is 7.13. The number of para-hydroxylation sites is 1. The Kier molecular flexibility index (Phi) is 5.40. The van der Waals surface area contributed by atoms with Crippen LogP contribution >= 0.6 is 11.6 Å². The van der Waals surface area contributed by atoms with Crippen LogP contribution in [0.25, 0.3) is 0 Å². The van der Waals surface area contributed by atoms with Crippen LogP contribution < -0.4 is 4.74 Å². The Bertz CT molecular complexity index is 1260. The van der Waals surface area contributed by atoms with Gasteiger partial charge in [0.15, 0.2) is 18.2 Å². The van der Waals surface area contributed by atoms with Crippen molar-refractivity contribution in [2.75, 3.05) is 13.7 Å². The number of methoxy groups -OCH3 is 1. The number of Topliss-reactive ketones (excluding diaryl/α,β-unsaturated/α-hetero) is 1. The monoisotopic (exact) mass is 434 g/mol. The summed E-state index contributed by atoms with van der Waals surface area (Å²) in [7, 11) is 1.43. The van der Waals surface area contributed by atoms with E-state index in [0.29, 0.717) is 5.75 Å². The lowest BCUT2D eigenvalue weighted by Crippen LogP contribution is -2.23. The fraction of sp³-hybridized carbons (Fsp3) is 0.0833. The van der Waals surface area contributed by atoms with Crippen molar-refractivity contribution in [2.45, 2.75) is 0 Å². The SMILES string of the molecule is COc1ccccc1C(=O)COC(=O)c1ccc2c(c1Cl)C(=O)c1ccccc1C2=O. The molecule has 0 aliphatic heterocycles. The molecule has 6 nitrogen and oxygen atoms in total. The molecule has 0 aromatic heterocycles. The van der Waals surface area contributed by atoms with Crippen molar-refractivity contribution in [3.63, 3.8) is 0 Å². The first-order valence-electron chi connectivity index (χ1n) is 9.28. The fourth-order valence-corrected chi connectivity index (χ4v) is 3.79. The van der Waals surface area contributed by atoms with E-state index in [1.807, 2.05) is 0 Å². The van der Waals surface area contributed by atoms with Crippen LogP contribution in [0.1, 0.15) is 52.6 Å². The van der Waals surface area contributed by atoms with E-state index in [1.54, 1.807) is 42.5 Å². The number of hydrogen-bond donors (Lipinski definition) is 0. The zero-order chi connectivity index (χ0) is 22.1. The van der Waals surface area contributed by atoms with E-state index in [2.05, 4.69) is 0 Å². The van der Waals surface area contributed by atoms with Gasteiger partial charge in [-0.3, -0.25) is 14.4 Å². The molecule has 3 aromatic rings. The van der Waals surface area contributed by atoms with Crippen LogP contribution in [0.15, 0.2) is 60.7 Å². The van der Waals surface area contributed by atoms with Crippen molar-refractivity contribution in [3.05, 3.63) is 99.1 Å². The molecule has 0 unspecified atom stereocenters. The van der Waals surface area contributed by atoms with Crippen LogP contribution in [0.4, 0.5) is 0 Å². The van der Waals surface area contributed by atoms with E-state index in [4.69, 9.17) is 21.1 Å². The van der Waals surface area contributed by atoms with Crippen molar-refractivity contribution >= 4 is 34.9 Å². The largest absolute Gasteiger partial charge is 0.496 e. The molecule has 0 bridgehead atoms. The van der Waals surface area contributed by atoms with Gasteiger partial charge in [0, 0.05) is 16.7 Å². The summed E-state index contributed by atoms with van der Waals surface area (Å²) in [4.78, 5) is 50.7. The maximum absolute atomic E-state index is 12.9. The van der Waals surface area contributed by atoms with Gasteiger partial charge in [0.1, 0.15) is 5.75 Å². The van der Waals surface area contributed by atoms with Gasteiger partial charge in [0.05, 0.1) is 28.8 Å². The van der Waals surface area contributed by atoms with Gasteiger partial charge in [-0.15, -0.1) is 0 Å². The molecule has 7 heteroatoms. The standard InChI is InChI=1S/C24H15ClO6/c1-30-19-9-5-4-8-15(19)18(26)12-31-24(29)17-11-10-16-20(21(17)25)23(28)14-7-3-2-6-13(14)22(16)27/h2-11H,12H2,1H3. The molecule has 1 aliphatic rings. The molecule has 154 valence electrons. The number of rotatable bonds is 5. The van der Waals surface area contributed by atoms with E-state index in [-0.39, 0.29) is 44.2 Å². The van der Waals surface area contributed by atoms with Crippen LogP contribution in [-0.4, -0.2) is 37.0 Å². The minimum atomic E-state index is -0.879. The van der Waals surface area contributed by atoms with Crippen molar-refractivity contribution in [3.8, 4) is 5.75 Å². The van der Waals surface area contributed by atoms with E-state index in [9.17, 15) is 19.2 Å². The molecular formula is C24H15ClO6. The summed E-state index contributed by atoms with van der Waals surface area (Å²) in [5.41, 5.74) is 0.749. The average molecular weight is 435 g/mol. The number of ether oxygens (including phenoxy) is 2. The summed E-state index contributed by atoms with van der Waals surface area (Å²) >= 11 is 6.35. The third kappa shape index (κ3) is 3.51. The molecule has 0 radical (unpaired) electrons. The lowest BCUT2D eigenvalue weighted by atomic mass is 9.83. The second kappa shape index (κ2) is 8.16. The van der Waals surface area contributed by atoms with Crippen molar-refractivity contribution in [2.24, 2.45) is 0 Å². The van der Waals surface area contributed by atoms with Crippen molar-refractivity contribution < 1.29 is 28.7 Å². The molecule has 0 fully saturated rings. The van der Waals surface area contributed by atoms with Crippen molar-refractivity contribution in [1.82, 2.24) is 0 Å². The lowest BCUT2D eigenvalue weighted by Gasteiger charge is -2.19. The first-order chi connectivity index (χ1) is 14.9. The third-order valence-corrected chi connectivity index (χ3v) is 5.38. The molecule has 3 aromatic carbocycles. The van der Waals surface area contributed by atoms with Gasteiger partial charge >= 0.3 is 5.97 Å². The highest BCUT2D eigenvalue weighted by molar-refractivity contribution is 6.41.